The molecule has 0 spiro atoms. The SMILES string of the molecule is Cc1cc(C)c(-n2nccc2C)c(C)c1. The molecule has 0 radical (unpaired) electrons. The van der Waals surface area contributed by atoms with Crippen LogP contribution in [0.4, 0.5) is 0 Å². The van der Waals surface area contributed by atoms with E-state index in [1.807, 2.05) is 16.9 Å². The van der Waals surface area contributed by atoms with E-state index in [1.165, 1.54) is 28.1 Å². The number of aromatic nitrogens is 2. The van der Waals surface area contributed by atoms with Gasteiger partial charge in [0.25, 0.3) is 0 Å². The van der Waals surface area contributed by atoms with Gasteiger partial charge in [-0.05, 0) is 44.9 Å². The van der Waals surface area contributed by atoms with E-state index in [1.54, 1.807) is 0 Å². The molecule has 78 valence electrons. The zero-order valence-electron chi connectivity index (χ0n) is 9.70. The second-order valence-electron chi connectivity index (χ2n) is 4.13. The first-order chi connectivity index (χ1) is 7.09. The topological polar surface area (TPSA) is 17.8 Å². The van der Waals surface area contributed by atoms with Gasteiger partial charge in [-0.1, -0.05) is 17.7 Å². The van der Waals surface area contributed by atoms with E-state index in [9.17, 15) is 0 Å². The van der Waals surface area contributed by atoms with Crippen molar-refractivity contribution in [3.05, 3.63) is 46.8 Å². The lowest BCUT2D eigenvalue weighted by Gasteiger charge is -2.12. The molecule has 0 atom stereocenters. The van der Waals surface area contributed by atoms with Gasteiger partial charge >= 0.3 is 0 Å². The molecular formula is C13H16N2. The van der Waals surface area contributed by atoms with Crippen LogP contribution in [0.3, 0.4) is 0 Å². The zero-order valence-corrected chi connectivity index (χ0v) is 9.70. The fourth-order valence-electron chi connectivity index (χ4n) is 2.11. The number of benzene rings is 1. The summed E-state index contributed by atoms with van der Waals surface area (Å²) in [7, 11) is 0. The molecule has 1 heterocycles. The molecular weight excluding hydrogens is 184 g/mol. The highest BCUT2D eigenvalue weighted by molar-refractivity contribution is 5.49. The van der Waals surface area contributed by atoms with Gasteiger partial charge in [0, 0.05) is 11.9 Å². The zero-order chi connectivity index (χ0) is 11.0. The van der Waals surface area contributed by atoms with Crippen LogP contribution in [0.5, 0.6) is 0 Å². The first-order valence-electron chi connectivity index (χ1n) is 5.18. The Morgan fingerprint density at radius 3 is 2.07 bits per heavy atom. The molecule has 1 aromatic carbocycles. The minimum Gasteiger partial charge on any atom is -0.238 e. The van der Waals surface area contributed by atoms with Gasteiger partial charge in [0.2, 0.25) is 0 Å². The largest absolute Gasteiger partial charge is 0.238 e. The van der Waals surface area contributed by atoms with Gasteiger partial charge in [0.05, 0.1) is 5.69 Å². The lowest BCUT2D eigenvalue weighted by molar-refractivity contribution is 0.832. The number of hydrogen-bond donors (Lipinski definition) is 0. The van der Waals surface area contributed by atoms with E-state index in [-0.39, 0.29) is 0 Å². The highest BCUT2D eigenvalue weighted by Gasteiger charge is 2.08. The van der Waals surface area contributed by atoms with Crippen LogP contribution in [-0.2, 0) is 0 Å². The highest BCUT2D eigenvalue weighted by atomic mass is 15.3. The third-order valence-electron chi connectivity index (χ3n) is 2.68. The van der Waals surface area contributed by atoms with Crippen LogP contribution >= 0.6 is 0 Å². The molecule has 15 heavy (non-hydrogen) atoms. The second-order valence-corrected chi connectivity index (χ2v) is 4.13. The Balaban J connectivity index is 2.68. The Bertz CT molecular complexity index is 472. The van der Waals surface area contributed by atoms with E-state index >= 15 is 0 Å². The number of rotatable bonds is 1. The molecule has 0 saturated heterocycles. The quantitative estimate of drug-likeness (QED) is 0.691. The van der Waals surface area contributed by atoms with E-state index in [2.05, 4.69) is 44.9 Å². The Morgan fingerprint density at radius 2 is 1.60 bits per heavy atom. The van der Waals surface area contributed by atoms with Crippen LogP contribution in [0.25, 0.3) is 5.69 Å². The van der Waals surface area contributed by atoms with Gasteiger partial charge in [-0.2, -0.15) is 5.10 Å². The molecule has 2 heteroatoms. The first-order valence-corrected chi connectivity index (χ1v) is 5.18. The second kappa shape index (κ2) is 3.54. The summed E-state index contributed by atoms with van der Waals surface area (Å²) in [6.07, 6.45) is 1.84. The smallest absolute Gasteiger partial charge is 0.0707 e. The number of aryl methyl sites for hydroxylation is 4. The molecule has 0 fully saturated rings. The molecule has 0 saturated carbocycles. The van der Waals surface area contributed by atoms with Gasteiger partial charge < -0.3 is 0 Å². The Hall–Kier alpha value is -1.57. The average molecular weight is 200 g/mol. The van der Waals surface area contributed by atoms with Crippen molar-refractivity contribution in [3.63, 3.8) is 0 Å². The van der Waals surface area contributed by atoms with Gasteiger partial charge in [-0.25, -0.2) is 4.68 Å². The van der Waals surface area contributed by atoms with Gasteiger partial charge in [0.1, 0.15) is 0 Å². The molecule has 0 unspecified atom stereocenters. The highest BCUT2D eigenvalue weighted by Crippen LogP contribution is 2.21. The first kappa shape index (κ1) is 9.97. The van der Waals surface area contributed by atoms with Crippen molar-refractivity contribution in [3.8, 4) is 5.69 Å². The van der Waals surface area contributed by atoms with Crippen molar-refractivity contribution in [2.45, 2.75) is 27.7 Å². The van der Waals surface area contributed by atoms with E-state index < -0.39 is 0 Å². The lowest BCUT2D eigenvalue weighted by Crippen LogP contribution is -2.04. The third-order valence-corrected chi connectivity index (χ3v) is 2.68. The Kier molecular flexibility index (Phi) is 2.35. The third kappa shape index (κ3) is 1.67. The normalized spacial score (nSPS) is 10.7. The van der Waals surface area contributed by atoms with Crippen LogP contribution in [-0.4, -0.2) is 9.78 Å². The maximum absolute atomic E-state index is 4.35. The summed E-state index contributed by atoms with van der Waals surface area (Å²) in [6.45, 7) is 8.47. The maximum atomic E-state index is 4.35. The number of hydrogen-bond acceptors (Lipinski definition) is 1. The molecule has 2 aromatic rings. The molecule has 0 bridgehead atoms. The Labute approximate surface area is 90.6 Å². The molecule has 0 amide bonds. The van der Waals surface area contributed by atoms with Crippen LogP contribution in [0.1, 0.15) is 22.4 Å². The summed E-state index contributed by atoms with van der Waals surface area (Å²) in [5.74, 6) is 0. The van der Waals surface area contributed by atoms with Crippen LogP contribution in [0, 0.1) is 27.7 Å². The van der Waals surface area contributed by atoms with Crippen molar-refractivity contribution in [2.75, 3.05) is 0 Å². The predicted molar refractivity (Wildman–Crippen MR) is 62.5 cm³/mol. The fourth-order valence-corrected chi connectivity index (χ4v) is 2.11. The molecule has 2 nitrogen and oxygen atoms in total. The van der Waals surface area contributed by atoms with E-state index in [4.69, 9.17) is 0 Å². The van der Waals surface area contributed by atoms with Crippen molar-refractivity contribution in [1.82, 2.24) is 9.78 Å². The van der Waals surface area contributed by atoms with Crippen molar-refractivity contribution in [1.29, 1.82) is 0 Å². The summed E-state index contributed by atoms with van der Waals surface area (Å²) in [5, 5.41) is 4.35. The molecule has 0 N–H and O–H groups in total. The van der Waals surface area contributed by atoms with Crippen molar-refractivity contribution >= 4 is 0 Å². The van der Waals surface area contributed by atoms with Crippen LogP contribution < -0.4 is 0 Å². The Morgan fingerprint density at radius 1 is 1.00 bits per heavy atom. The van der Waals surface area contributed by atoms with Crippen LogP contribution in [0.15, 0.2) is 24.4 Å². The van der Waals surface area contributed by atoms with Gasteiger partial charge in [-0.3, -0.25) is 0 Å². The monoisotopic (exact) mass is 200 g/mol. The van der Waals surface area contributed by atoms with Crippen molar-refractivity contribution < 1.29 is 0 Å². The lowest BCUT2D eigenvalue weighted by atomic mass is 10.1. The predicted octanol–water partition coefficient (Wildman–Crippen LogP) is 3.11. The minimum absolute atomic E-state index is 1.17. The number of nitrogens with zero attached hydrogens (tertiary/aromatic N) is 2. The average Bonchev–Trinajstić information content (AvgIpc) is 2.50. The summed E-state index contributed by atoms with van der Waals surface area (Å²) >= 11 is 0. The standard InChI is InChI=1S/C13H16N2/c1-9-7-10(2)13(11(3)8-9)15-12(4)5-6-14-15/h5-8H,1-4H3. The molecule has 1 aromatic heterocycles. The van der Waals surface area contributed by atoms with Crippen LogP contribution in [0.2, 0.25) is 0 Å². The molecule has 0 aliphatic carbocycles. The summed E-state index contributed by atoms with van der Waals surface area (Å²) < 4.78 is 2.00. The molecule has 0 aliphatic heterocycles. The van der Waals surface area contributed by atoms with E-state index in [0.717, 1.165) is 0 Å². The van der Waals surface area contributed by atoms with Gasteiger partial charge in [0.15, 0.2) is 0 Å². The maximum Gasteiger partial charge on any atom is 0.0707 e. The molecule has 2 rings (SSSR count). The van der Waals surface area contributed by atoms with E-state index in [0.29, 0.717) is 0 Å². The van der Waals surface area contributed by atoms with Crippen molar-refractivity contribution in [2.24, 2.45) is 0 Å². The fraction of sp³-hybridized carbons (Fsp3) is 0.308. The summed E-state index contributed by atoms with van der Waals surface area (Å²) in [4.78, 5) is 0. The summed E-state index contributed by atoms with van der Waals surface area (Å²) in [5.41, 5.74) is 6.24. The minimum atomic E-state index is 1.17. The molecule has 0 aliphatic rings. The summed E-state index contributed by atoms with van der Waals surface area (Å²) in [6, 6.07) is 6.42. The van der Waals surface area contributed by atoms with Gasteiger partial charge in [-0.15, -0.1) is 0 Å².